The van der Waals surface area contributed by atoms with Gasteiger partial charge in [-0.25, -0.2) is 4.18 Å². The number of aliphatic hydroxyl groups is 13. The Morgan fingerprint density at radius 1 is 0.651 bits per heavy atom. The van der Waals surface area contributed by atoms with Gasteiger partial charge in [0.2, 0.25) is 0 Å². The molecule has 5 saturated heterocycles. The third-order valence-electron chi connectivity index (χ3n) is 20.1. The highest BCUT2D eigenvalue weighted by Gasteiger charge is 2.64. The average Bonchev–Trinajstić information content (AvgIpc) is 1.89. The first-order chi connectivity index (χ1) is 38.8. The van der Waals surface area contributed by atoms with E-state index in [1.807, 2.05) is 19.9 Å². The molecule has 8 fully saturated rings. The highest BCUT2D eigenvalue weighted by molar-refractivity contribution is 7.80. The normalized spacial score (nSPS) is 51.6. The number of ether oxygens (including phenoxy) is 10. The van der Waals surface area contributed by atoms with Crippen LogP contribution in [0.3, 0.4) is 0 Å². The van der Waals surface area contributed by atoms with Crippen LogP contribution in [0.15, 0.2) is 23.3 Å². The summed E-state index contributed by atoms with van der Waals surface area (Å²) in [5.74, 6) is -0.875. The fraction of sp³-hybridized carbons (Fsp3) is 0.927. The second-order valence-electron chi connectivity index (χ2n) is 25.8. The van der Waals surface area contributed by atoms with E-state index in [1.165, 1.54) is 20.8 Å². The summed E-state index contributed by atoms with van der Waals surface area (Å²) in [6.45, 7) is 13.1. The molecule has 4 aliphatic carbocycles. The lowest BCUT2D eigenvalue weighted by atomic mass is 9.47. The molecule has 0 amide bonds. The molecule has 3 saturated carbocycles. The molecule has 9 rings (SSSR count). The van der Waals surface area contributed by atoms with Gasteiger partial charge in [-0.05, 0) is 127 Å². The molecule has 33 unspecified atom stereocenters. The molecule has 0 aromatic carbocycles. The molecule has 0 spiro atoms. The van der Waals surface area contributed by atoms with E-state index in [0.717, 1.165) is 17.6 Å². The Balaban J connectivity index is 0.912. The maximum atomic E-state index is 12.3. The zero-order chi connectivity index (χ0) is 60.7. The van der Waals surface area contributed by atoms with Crippen LogP contribution in [-0.2, 0) is 62.0 Å². The summed E-state index contributed by atoms with van der Waals surface area (Å²) in [5, 5.41) is 146. The molecule has 9 aliphatic rings. The van der Waals surface area contributed by atoms with E-state index >= 15 is 0 Å². The van der Waals surface area contributed by atoms with E-state index in [9.17, 15) is 79.4 Å². The minimum Gasteiger partial charge on any atom is -0.390 e. The molecule has 0 aromatic heterocycles. The molecule has 0 radical (unpaired) electrons. The number of fused-ring (bicyclic) bond motifs is 5. The minimum absolute atomic E-state index is 0.00722. The van der Waals surface area contributed by atoms with Crippen LogP contribution in [0.1, 0.15) is 107 Å². The van der Waals surface area contributed by atoms with Crippen LogP contribution in [0.2, 0.25) is 0 Å². The van der Waals surface area contributed by atoms with Gasteiger partial charge in [-0.3, -0.25) is 4.55 Å². The standard InChI is InChI=1S/C55H90O27S/c1-21(2)9-12-34(58)55(8,68)33-11-10-27-26-18-32(29-17-25(82-83(69,70)71)13-15-53(29,6)28(26)14-16-54(27,33)7)77-50-43(67)45(36(60)23(4)75-50)79-52-47(38(62)31(57)20-73-52)81-49-42(66)40(64)44(24(5)76-49)78-51-46(37(61)30(56)19-72-51)80-48-41(65)39(63)35(59)22(3)74-48/h9,14,22-27,29-52,56-68H,10-13,15-20H2,1-8H3,(H,69,70,71). The Bertz CT molecular complexity index is 2380. The lowest BCUT2D eigenvalue weighted by Crippen LogP contribution is -2.66. The zero-order valence-electron chi connectivity index (χ0n) is 48.0. The molecule has 14 N–H and O–H groups in total. The highest BCUT2D eigenvalue weighted by Crippen LogP contribution is 2.67. The number of hydrogen-bond donors (Lipinski definition) is 14. The molecule has 0 bridgehead atoms. The van der Waals surface area contributed by atoms with E-state index in [1.54, 1.807) is 6.92 Å². The first-order valence-corrected chi connectivity index (χ1v) is 30.5. The van der Waals surface area contributed by atoms with Crippen LogP contribution in [0.5, 0.6) is 0 Å². The van der Waals surface area contributed by atoms with Crippen molar-refractivity contribution in [1.29, 1.82) is 0 Å². The van der Waals surface area contributed by atoms with E-state index in [-0.39, 0.29) is 37.0 Å². The largest absolute Gasteiger partial charge is 0.397 e. The van der Waals surface area contributed by atoms with Crippen molar-refractivity contribution in [2.75, 3.05) is 13.2 Å². The molecule has 478 valence electrons. The van der Waals surface area contributed by atoms with Crippen molar-refractivity contribution in [3.05, 3.63) is 23.3 Å². The van der Waals surface area contributed by atoms with E-state index in [4.69, 9.17) is 51.6 Å². The maximum absolute atomic E-state index is 12.3. The topological polar surface area (TPSA) is 419 Å². The third kappa shape index (κ3) is 13.0. The number of aliphatic hydroxyl groups excluding tert-OH is 12. The van der Waals surface area contributed by atoms with Gasteiger partial charge >= 0.3 is 10.4 Å². The Morgan fingerprint density at radius 3 is 1.76 bits per heavy atom. The predicted molar refractivity (Wildman–Crippen MR) is 281 cm³/mol. The molecule has 28 heteroatoms. The summed E-state index contributed by atoms with van der Waals surface area (Å²) in [6, 6.07) is 0. The Hall–Kier alpha value is -1.57. The van der Waals surface area contributed by atoms with Crippen LogP contribution in [0.25, 0.3) is 0 Å². The first kappa shape index (κ1) is 65.9. The molecular formula is C55H90O27S. The fourth-order valence-electron chi connectivity index (χ4n) is 15.2. The summed E-state index contributed by atoms with van der Waals surface area (Å²) in [5.41, 5.74) is -0.328. The predicted octanol–water partition coefficient (Wildman–Crippen LogP) is -2.33. The molecule has 27 nitrogen and oxygen atoms in total. The van der Waals surface area contributed by atoms with Crippen molar-refractivity contribution in [2.24, 2.45) is 34.5 Å². The van der Waals surface area contributed by atoms with Crippen LogP contribution >= 0.6 is 0 Å². The molecule has 5 heterocycles. The second kappa shape index (κ2) is 25.4. The van der Waals surface area contributed by atoms with Gasteiger partial charge in [0.05, 0.1) is 55.4 Å². The van der Waals surface area contributed by atoms with Crippen molar-refractivity contribution in [3.8, 4) is 0 Å². The van der Waals surface area contributed by atoms with Crippen LogP contribution < -0.4 is 0 Å². The number of rotatable bonds is 16. The van der Waals surface area contributed by atoms with Crippen molar-refractivity contribution >= 4 is 10.4 Å². The van der Waals surface area contributed by atoms with Gasteiger partial charge in [-0.2, -0.15) is 8.42 Å². The van der Waals surface area contributed by atoms with Crippen LogP contribution in [0, 0.1) is 34.5 Å². The average molecular weight is 1220 g/mol. The van der Waals surface area contributed by atoms with Gasteiger partial charge in [-0.1, -0.05) is 37.1 Å². The van der Waals surface area contributed by atoms with Gasteiger partial charge in [0.1, 0.15) is 91.6 Å². The van der Waals surface area contributed by atoms with Crippen molar-refractivity contribution in [2.45, 2.75) is 272 Å². The smallest absolute Gasteiger partial charge is 0.390 e. The summed E-state index contributed by atoms with van der Waals surface area (Å²) in [4.78, 5) is 0. The first-order valence-electron chi connectivity index (χ1n) is 29.1. The summed E-state index contributed by atoms with van der Waals surface area (Å²) in [7, 11) is -4.85. The molecule has 33 atom stereocenters. The van der Waals surface area contributed by atoms with E-state index < -0.39 is 206 Å². The van der Waals surface area contributed by atoms with Gasteiger partial charge in [0.15, 0.2) is 31.5 Å². The minimum atomic E-state index is -4.85. The summed E-state index contributed by atoms with van der Waals surface area (Å²) in [6.07, 6.45) is -32.5. The Labute approximate surface area is 482 Å². The second-order valence-corrected chi connectivity index (χ2v) is 26.9. The van der Waals surface area contributed by atoms with Gasteiger partial charge in [-0.15, -0.1) is 0 Å². The maximum Gasteiger partial charge on any atom is 0.397 e. The molecule has 0 aromatic rings. The van der Waals surface area contributed by atoms with E-state index in [2.05, 4.69) is 19.9 Å². The van der Waals surface area contributed by atoms with Crippen molar-refractivity contribution in [3.63, 3.8) is 0 Å². The number of hydrogen-bond acceptors (Lipinski definition) is 26. The van der Waals surface area contributed by atoms with Gasteiger partial charge in [0.25, 0.3) is 0 Å². The highest BCUT2D eigenvalue weighted by atomic mass is 32.3. The lowest BCUT2D eigenvalue weighted by molar-refractivity contribution is -0.392. The Kier molecular flexibility index (Phi) is 20.1. The number of allylic oxidation sites excluding steroid dienone is 3. The molecular weight excluding hydrogens is 1120 g/mol. The van der Waals surface area contributed by atoms with Gasteiger partial charge < -0.3 is 114 Å². The van der Waals surface area contributed by atoms with Gasteiger partial charge in [0, 0.05) is 0 Å². The zero-order valence-corrected chi connectivity index (χ0v) is 48.8. The molecule has 83 heavy (non-hydrogen) atoms. The summed E-state index contributed by atoms with van der Waals surface area (Å²) >= 11 is 0. The monoisotopic (exact) mass is 1210 g/mol. The quantitative estimate of drug-likeness (QED) is 0.0569. The third-order valence-corrected chi connectivity index (χ3v) is 20.6. The lowest BCUT2D eigenvalue weighted by Gasteiger charge is -2.60. The van der Waals surface area contributed by atoms with Crippen molar-refractivity contribution < 1.29 is 131 Å². The molecule has 5 aliphatic heterocycles. The van der Waals surface area contributed by atoms with Crippen molar-refractivity contribution in [1.82, 2.24) is 0 Å². The van der Waals surface area contributed by atoms with Crippen LogP contribution in [-0.4, -0.2) is 258 Å². The fourth-order valence-corrected chi connectivity index (χ4v) is 15.8. The Morgan fingerprint density at radius 2 is 1.18 bits per heavy atom. The van der Waals surface area contributed by atoms with E-state index in [0.29, 0.717) is 25.7 Å². The summed E-state index contributed by atoms with van der Waals surface area (Å²) < 4.78 is 99.4. The van der Waals surface area contributed by atoms with Crippen LogP contribution in [0.4, 0.5) is 0 Å². The SMILES string of the molecule is CC(C)=CCC(O)C(C)(O)C1CCC2C3CC(OC4OC(C)C(O)C(OC5OCC(O)C(O)C5OC5OC(C)C(OC6OCC(O)C(O)C6OC6OC(C)C(O)C(O)C6O)C(O)C5O)C4O)C4CC(OS(=O)(=O)O)CCC4(C)C3=CCC21C.